The molecule has 0 fully saturated rings. The van der Waals surface area contributed by atoms with E-state index in [9.17, 15) is 0 Å². The lowest BCUT2D eigenvalue weighted by atomic mass is 9.99. The Morgan fingerprint density at radius 3 is 1.85 bits per heavy atom. The van der Waals surface area contributed by atoms with Gasteiger partial charge in [-0.25, -0.2) is 4.98 Å². The molecule has 0 radical (unpaired) electrons. The first kappa shape index (κ1) is 24.2. The van der Waals surface area contributed by atoms with Gasteiger partial charge in [0.25, 0.3) is 0 Å². The molecule has 0 amide bonds. The summed E-state index contributed by atoms with van der Waals surface area (Å²) < 4.78 is 2.43. The predicted molar refractivity (Wildman–Crippen MR) is 120 cm³/mol. The number of hydrogen-bond acceptors (Lipinski definition) is 1. The fourth-order valence-corrected chi connectivity index (χ4v) is 4.05. The van der Waals surface area contributed by atoms with Crippen LogP contribution in [-0.4, -0.2) is 9.55 Å². The van der Waals surface area contributed by atoms with Crippen molar-refractivity contribution in [2.45, 2.75) is 136 Å². The Morgan fingerprint density at radius 2 is 1.30 bits per heavy atom. The van der Waals surface area contributed by atoms with Gasteiger partial charge in [-0.15, -0.1) is 0 Å². The molecule has 27 heavy (non-hydrogen) atoms. The molecule has 1 heterocycles. The van der Waals surface area contributed by atoms with E-state index < -0.39 is 0 Å². The molecule has 0 aliphatic rings. The second-order valence-electron chi connectivity index (χ2n) is 8.55. The van der Waals surface area contributed by atoms with Gasteiger partial charge >= 0.3 is 0 Å². The molecule has 2 heteroatoms. The summed E-state index contributed by atoms with van der Waals surface area (Å²) in [7, 11) is 0. The van der Waals surface area contributed by atoms with E-state index in [1.807, 2.05) is 6.20 Å². The van der Waals surface area contributed by atoms with E-state index in [1.165, 1.54) is 115 Å². The molecule has 1 aromatic rings. The third kappa shape index (κ3) is 12.3. The maximum atomic E-state index is 4.64. The highest BCUT2D eigenvalue weighted by Gasteiger charge is 2.10. The zero-order valence-electron chi connectivity index (χ0n) is 18.9. The van der Waals surface area contributed by atoms with Crippen molar-refractivity contribution in [3.05, 3.63) is 18.2 Å². The zero-order chi connectivity index (χ0) is 19.6. The van der Waals surface area contributed by atoms with Gasteiger partial charge in [-0.05, 0) is 18.8 Å². The van der Waals surface area contributed by atoms with Crippen molar-refractivity contribution in [3.8, 4) is 0 Å². The monoisotopic (exact) mass is 376 g/mol. The second-order valence-corrected chi connectivity index (χ2v) is 8.55. The predicted octanol–water partition coefficient (Wildman–Crippen LogP) is 8.34. The maximum Gasteiger partial charge on any atom is 0.108 e. The SMILES string of the molecule is CCCCCCCCCCCCCCc1nccn1CC(CC)CCCC. The van der Waals surface area contributed by atoms with E-state index in [0.29, 0.717) is 0 Å². The topological polar surface area (TPSA) is 17.8 Å². The van der Waals surface area contributed by atoms with Gasteiger partial charge in [-0.1, -0.05) is 111 Å². The number of hydrogen-bond donors (Lipinski definition) is 0. The molecule has 1 atom stereocenters. The fourth-order valence-electron chi connectivity index (χ4n) is 4.05. The summed E-state index contributed by atoms with van der Waals surface area (Å²) in [5.41, 5.74) is 0. The van der Waals surface area contributed by atoms with E-state index in [2.05, 4.69) is 36.5 Å². The molecule has 0 spiro atoms. The average Bonchev–Trinajstić information content (AvgIpc) is 3.12. The van der Waals surface area contributed by atoms with Crippen LogP contribution in [0.3, 0.4) is 0 Å². The normalized spacial score (nSPS) is 12.6. The summed E-state index contributed by atoms with van der Waals surface area (Å²) in [5.74, 6) is 2.14. The molecule has 0 saturated carbocycles. The highest BCUT2D eigenvalue weighted by atomic mass is 15.1. The second kappa shape index (κ2) is 17.3. The summed E-state index contributed by atoms with van der Waals surface area (Å²) in [6, 6.07) is 0. The molecule has 1 aromatic heterocycles. The summed E-state index contributed by atoms with van der Waals surface area (Å²) >= 11 is 0. The Bertz CT molecular complexity index is 424. The van der Waals surface area contributed by atoms with Crippen LogP contribution in [-0.2, 0) is 13.0 Å². The molecule has 0 saturated heterocycles. The van der Waals surface area contributed by atoms with E-state index >= 15 is 0 Å². The summed E-state index contributed by atoms with van der Waals surface area (Å²) in [5, 5.41) is 0. The molecule has 2 nitrogen and oxygen atoms in total. The van der Waals surface area contributed by atoms with Crippen molar-refractivity contribution < 1.29 is 0 Å². The van der Waals surface area contributed by atoms with Crippen LogP contribution < -0.4 is 0 Å². The summed E-state index contributed by atoms with van der Waals surface area (Å²) in [6.45, 7) is 8.10. The van der Waals surface area contributed by atoms with Crippen LogP contribution in [0.1, 0.15) is 129 Å². The Morgan fingerprint density at radius 1 is 0.741 bits per heavy atom. The fraction of sp³-hybridized carbons (Fsp3) is 0.880. The lowest BCUT2D eigenvalue weighted by molar-refractivity contribution is 0.383. The van der Waals surface area contributed by atoms with Crippen LogP contribution in [0, 0.1) is 5.92 Å². The first-order valence-electron chi connectivity index (χ1n) is 12.3. The molecule has 0 aromatic carbocycles. The standard InChI is InChI=1S/C25H48N2/c1-4-7-9-10-11-12-13-14-15-16-17-18-20-25-26-21-22-27(25)23-24(6-3)19-8-5-2/h21-22,24H,4-20,23H2,1-3H3. The molecular formula is C25H48N2. The average molecular weight is 377 g/mol. The van der Waals surface area contributed by atoms with Gasteiger partial charge in [0.2, 0.25) is 0 Å². The third-order valence-corrected chi connectivity index (χ3v) is 6.05. The van der Waals surface area contributed by atoms with Crippen molar-refractivity contribution in [1.29, 1.82) is 0 Å². The smallest absolute Gasteiger partial charge is 0.108 e. The highest BCUT2D eigenvalue weighted by molar-refractivity contribution is 4.93. The van der Waals surface area contributed by atoms with E-state index in [0.717, 1.165) is 12.3 Å². The van der Waals surface area contributed by atoms with Crippen molar-refractivity contribution in [2.24, 2.45) is 5.92 Å². The lowest BCUT2D eigenvalue weighted by Crippen LogP contribution is -2.12. The molecular weight excluding hydrogens is 328 g/mol. The van der Waals surface area contributed by atoms with E-state index in [-0.39, 0.29) is 0 Å². The van der Waals surface area contributed by atoms with E-state index in [1.54, 1.807) is 0 Å². The van der Waals surface area contributed by atoms with Crippen LogP contribution in [0.25, 0.3) is 0 Å². The van der Waals surface area contributed by atoms with Gasteiger partial charge in [-0.3, -0.25) is 0 Å². The van der Waals surface area contributed by atoms with Crippen molar-refractivity contribution in [3.63, 3.8) is 0 Å². The minimum Gasteiger partial charge on any atom is -0.335 e. The van der Waals surface area contributed by atoms with Gasteiger partial charge in [0, 0.05) is 25.4 Å². The largest absolute Gasteiger partial charge is 0.335 e. The van der Waals surface area contributed by atoms with Gasteiger partial charge in [0.1, 0.15) is 5.82 Å². The number of aryl methyl sites for hydroxylation is 1. The minimum absolute atomic E-state index is 0.819. The van der Waals surface area contributed by atoms with Crippen LogP contribution in [0.5, 0.6) is 0 Å². The quantitative estimate of drug-likeness (QED) is 0.222. The van der Waals surface area contributed by atoms with E-state index in [4.69, 9.17) is 0 Å². The number of unbranched alkanes of at least 4 members (excludes halogenated alkanes) is 12. The highest BCUT2D eigenvalue weighted by Crippen LogP contribution is 2.17. The van der Waals surface area contributed by atoms with Gasteiger partial charge < -0.3 is 4.57 Å². The molecule has 0 aliphatic carbocycles. The maximum absolute atomic E-state index is 4.64. The lowest BCUT2D eigenvalue weighted by Gasteiger charge is -2.17. The summed E-state index contributed by atoms with van der Waals surface area (Å²) in [4.78, 5) is 4.64. The molecule has 1 rings (SSSR count). The van der Waals surface area contributed by atoms with Gasteiger partial charge in [0.15, 0.2) is 0 Å². The Balaban J connectivity index is 2.05. The molecule has 0 aliphatic heterocycles. The van der Waals surface area contributed by atoms with Crippen LogP contribution >= 0.6 is 0 Å². The van der Waals surface area contributed by atoms with Crippen molar-refractivity contribution in [1.82, 2.24) is 9.55 Å². The van der Waals surface area contributed by atoms with Gasteiger partial charge in [-0.2, -0.15) is 0 Å². The Kier molecular flexibility index (Phi) is 15.6. The van der Waals surface area contributed by atoms with Crippen molar-refractivity contribution >= 4 is 0 Å². The Labute approximate surface area is 170 Å². The number of aromatic nitrogens is 2. The molecule has 0 N–H and O–H groups in total. The van der Waals surface area contributed by atoms with Crippen LogP contribution in [0.15, 0.2) is 12.4 Å². The number of nitrogens with zero attached hydrogens (tertiary/aromatic N) is 2. The van der Waals surface area contributed by atoms with Gasteiger partial charge in [0.05, 0.1) is 0 Å². The summed E-state index contributed by atoms with van der Waals surface area (Å²) in [6.07, 6.45) is 27.7. The van der Waals surface area contributed by atoms with Crippen LogP contribution in [0.4, 0.5) is 0 Å². The Hall–Kier alpha value is -0.790. The van der Waals surface area contributed by atoms with Crippen molar-refractivity contribution in [2.75, 3.05) is 0 Å². The number of imidazole rings is 1. The molecule has 0 bridgehead atoms. The first-order chi connectivity index (χ1) is 13.3. The number of rotatable bonds is 19. The zero-order valence-corrected chi connectivity index (χ0v) is 18.9. The first-order valence-corrected chi connectivity index (χ1v) is 12.3. The molecule has 1 unspecified atom stereocenters. The third-order valence-electron chi connectivity index (χ3n) is 6.05. The molecule has 158 valence electrons. The van der Waals surface area contributed by atoms with Crippen LogP contribution in [0.2, 0.25) is 0 Å². The minimum atomic E-state index is 0.819.